The lowest BCUT2D eigenvalue weighted by Crippen LogP contribution is -2.08. The molecule has 3 aromatic rings. The molecule has 9 heteroatoms. The highest BCUT2D eigenvalue weighted by atomic mass is 35.5. The van der Waals surface area contributed by atoms with Crippen molar-refractivity contribution in [3.63, 3.8) is 0 Å². The van der Waals surface area contributed by atoms with Crippen molar-refractivity contribution in [2.75, 3.05) is 14.2 Å². The summed E-state index contributed by atoms with van der Waals surface area (Å²) in [6.07, 6.45) is 4.01. The second kappa shape index (κ2) is 10.1. The van der Waals surface area contributed by atoms with Crippen molar-refractivity contribution in [1.82, 2.24) is 9.97 Å². The third-order valence-electron chi connectivity index (χ3n) is 3.97. The molecule has 0 amide bonds. The van der Waals surface area contributed by atoms with E-state index in [0.717, 1.165) is 0 Å². The maximum atomic E-state index is 12.5. The minimum Gasteiger partial charge on any atom is -0.503 e. The summed E-state index contributed by atoms with van der Waals surface area (Å²) in [5, 5.41) is 9.57. The first kappa shape index (κ1) is 21.6. The van der Waals surface area contributed by atoms with Crippen LogP contribution in [0.1, 0.15) is 11.1 Å². The molecule has 0 aliphatic heterocycles. The van der Waals surface area contributed by atoms with Crippen LogP contribution in [-0.4, -0.2) is 30.2 Å². The predicted octanol–water partition coefficient (Wildman–Crippen LogP) is 4.75. The fourth-order valence-electron chi connectivity index (χ4n) is 2.63. The summed E-state index contributed by atoms with van der Waals surface area (Å²) in [5.74, 6) is 0.0264. The number of halogens is 1. The molecule has 0 bridgehead atoms. The van der Waals surface area contributed by atoms with Crippen molar-refractivity contribution in [3.05, 3.63) is 77.4 Å². The molecule has 1 aromatic heterocycles. The predicted molar refractivity (Wildman–Crippen MR) is 112 cm³/mol. The lowest BCUT2D eigenvalue weighted by molar-refractivity contribution is -0.133. The molecule has 3 rings (SSSR count). The number of esters is 1. The molecule has 0 aliphatic rings. The Labute approximate surface area is 183 Å². The third kappa shape index (κ3) is 4.91. The number of ether oxygens (including phenoxy) is 4. The number of aromatic nitrogens is 2. The molecule has 31 heavy (non-hydrogen) atoms. The zero-order valence-corrected chi connectivity index (χ0v) is 17.3. The Kier molecular flexibility index (Phi) is 7.04. The molecule has 0 saturated heterocycles. The van der Waals surface area contributed by atoms with E-state index in [1.54, 1.807) is 36.4 Å². The summed E-state index contributed by atoms with van der Waals surface area (Å²) in [5.41, 5.74) is 0.426. The van der Waals surface area contributed by atoms with Gasteiger partial charge in [-0.2, -0.15) is 5.26 Å². The molecule has 0 aliphatic carbocycles. The number of methoxy groups -OCH3 is 2. The SMILES string of the molecule is COC=C(C(=O)OC)c1c(Oc2ccncn2)ccc(Cl)c1Oc1ccccc1C#N. The number of carbonyl (C=O) groups is 1. The third-order valence-corrected chi connectivity index (χ3v) is 4.27. The number of para-hydroxylation sites is 1. The van der Waals surface area contributed by atoms with Gasteiger partial charge in [0.25, 0.3) is 0 Å². The van der Waals surface area contributed by atoms with Gasteiger partial charge in [0.2, 0.25) is 5.88 Å². The van der Waals surface area contributed by atoms with Crippen molar-refractivity contribution >= 4 is 23.1 Å². The highest BCUT2D eigenvalue weighted by Crippen LogP contribution is 2.44. The van der Waals surface area contributed by atoms with Crippen LogP contribution in [0.5, 0.6) is 23.1 Å². The van der Waals surface area contributed by atoms with Crippen LogP contribution >= 0.6 is 11.6 Å². The van der Waals surface area contributed by atoms with Crippen molar-refractivity contribution < 1.29 is 23.7 Å². The van der Waals surface area contributed by atoms with Gasteiger partial charge in [0.15, 0.2) is 5.75 Å². The summed E-state index contributed by atoms with van der Waals surface area (Å²) in [6.45, 7) is 0. The smallest absolute Gasteiger partial charge is 0.341 e. The average molecular weight is 438 g/mol. The van der Waals surface area contributed by atoms with Gasteiger partial charge in [-0.05, 0) is 24.3 Å². The largest absolute Gasteiger partial charge is 0.503 e. The molecule has 1 heterocycles. The molecule has 156 valence electrons. The Morgan fingerprint density at radius 2 is 1.90 bits per heavy atom. The zero-order valence-electron chi connectivity index (χ0n) is 16.5. The van der Waals surface area contributed by atoms with E-state index < -0.39 is 5.97 Å². The Hall–Kier alpha value is -4.09. The van der Waals surface area contributed by atoms with Crippen LogP contribution < -0.4 is 9.47 Å². The normalized spacial score (nSPS) is 10.7. The maximum Gasteiger partial charge on any atom is 0.341 e. The van der Waals surface area contributed by atoms with Crippen LogP contribution in [0, 0.1) is 11.3 Å². The zero-order chi connectivity index (χ0) is 22.2. The fraction of sp³-hybridized carbons (Fsp3) is 0.0909. The quantitative estimate of drug-likeness (QED) is 0.296. The minimum atomic E-state index is -0.713. The first-order valence-corrected chi connectivity index (χ1v) is 9.21. The highest BCUT2D eigenvalue weighted by molar-refractivity contribution is 6.33. The van der Waals surface area contributed by atoms with E-state index in [9.17, 15) is 10.1 Å². The Morgan fingerprint density at radius 3 is 2.58 bits per heavy atom. The highest BCUT2D eigenvalue weighted by Gasteiger charge is 2.26. The second-order valence-corrected chi connectivity index (χ2v) is 6.28. The molecule has 0 radical (unpaired) electrons. The Bertz CT molecular complexity index is 1160. The van der Waals surface area contributed by atoms with Gasteiger partial charge in [-0.3, -0.25) is 0 Å². The summed E-state index contributed by atoms with van der Waals surface area (Å²) < 4.78 is 21.8. The number of nitriles is 1. The first-order valence-electron chi connectivity index (χ1n) is 8.84. The number of hydrogen-bond donors (Lipinski definition) is 0. The Morgan fingerprint density at radius 1 is 1.10 bits per heavy atom. The molecule has 0 saturated carbocycles. The summed E-state index contributed by atoms with van der Waals surface area (Å²) in [7, 11) is 2.61. The van der Waals surface area contributed by atoms with Crippen LogP contribution in [0.25, 0.3) is 5.57 Å². The van der Waals surface area contributed by atoms with Crippen LogP contribution in [0.2, 0.25) is 5.02 Å². The van der Waals surface area contributed by atoms with Gasteiger partial charge < -0.3 is 18.9 Å². The van der Waals surface area contributed by atoms with Gasteiger partial charge in [0.1, 0.15) is 29.5 Å². The topological polar surface area (TPSA) is 104 Å². The summed E-state index contributed by atoms with van der Waals surface area (Å²) in [6, 6.07) is 13.3. The summed E-state index contributed by atoms with van der Waals surface area (Å²) >= 11 is 6.43. The Balaban J connectivity index is 2.23. The monoisotopic (exact) mass is 437 g/mol. The standard InChI is InChI=1S/C22H16ClN3O5/c1-28-12-15(22(27)29-2)20-18(30-19-9-10-25-13-26-19)8-7-16(23)21(20)31-17-6-4-3-5-14(17)11-24/h3-10,12-13H,1-2H3. The van der Waals surface area contributed by atoms with Gasteiger partial charge in [-0.1, -0.05) is 23.7 Å². The minimum absolute atomic E-state index is 0.0130. The van der Waals surface area contributed by atoms with Crippen LogP contribution in [0.15, 0.2) is 61.3 Å². The molecule has 2 aromatic carbocycles. The molecular formula is C22H16ClN3O5. The van der Waals surface area contributed by atoms with Gasteiger partial charge in [0.05, 0.1) is 36.6 Å². The van der Waals surface area contributed by atoms with Crippen molar-refractivity contribution in [1.29, 1.82) is 5.26 Å². The molecule has 0 fully saturated rings. The molecule has 0 unspecified atom stereocenters. The van der Waals surface area contributed by atoms with Crippen molar-refractivity contribution in [3.8, 4) is 29.2 Å². The number of rotatable bonds is 7. The van der Waals surface area contributed by atoms with E-state index in [1.807, 2.05) is 0 Å². The van der Waals surface area contributed by atoms with E-state index in [-0.39, 0.29) is 44.9 Å². The fourth-order valence-corrected chi connectivity index (χ4v) is 2.82. The van der Waals surface area contributed by atoms with Crippen LogP contribution in [-0.2, 0) is 14.3 Å². The molecule has 0 N–H and O–H groups in total. The van der Waals surface area contributed by atoms with E-state index in [0.29, 0.717) is 0 Å². The van der Waals surface area contributed by atoms with Crippen LogP contribution in [0.4, 0.5) is 0 Å². The van der Waals surface area contributed by atoms with Gasteiger partial charge in [-0.25, -0.2) is 14.8 Å². The number of benzene rings is 2. The summed E-state index contributed by atoms with van der Waals surface area (Å²) in [4.78, 5) is 20.4. The lowest BCUT2D eigenvalue weighted by Gasteiger charge is -2.18. The molecule has 0 atom stereocenters. The lowest BCUT2D eigenvalue weighted by atomic mass is 10.0. The molecule has 8 nitrogen and oxygen atoms in total. The van der Waals surface area contributed by atoms with Gasteiger partial charge in [0, 0.05) is 12.3 Å². The maximum absolute atomic E-state index is 12.5. The number of hydrogen-bond acceptors (Lipinski definition) is 8. The van der Waals surface area contributed by atoms with Crippen molar-refractivity contribution in [2.24, 2.45) is 0 Å². The van der Waals surface area contributed by atoms with E-state index in [4.69, 9.17) is 30.5 Å². The average Bonchev–Trinajstić information content (AvgIpc) is 2.80. The van der Waals surface area contributed by atoms with Gasteiger partial charge >= 0.3 is 5.97 Å². The second-order valence-electron chi connectivity index (χ2n) is 5.87. The van der Waals surface area contributed by atoms with E-state index in [1.165, 1.54) is 39.1 Å². The first-order chi connectivity index (χ1) is 15.1. The number of carbonyl (C=O) groups excluding carboxylic acids is 1. The van der Waals surface area contributed by atoms with E-state index >= 15 is 0 Å². The van der Waals surface area contributed by atoms with Crippen molar-refractivity contribution in [2.45, 2.75) is 0 Å². The molecular weight excluding hydrogens is 422 g/mol. The van der Waals surface area contributed by atoms with Crippen LogP contribution in [0.3, 0.4) is 0 Å². The number of nitrogens with zero attached hydrogens (tertiary/aromatic N) is 3. The van der Waals surface area contributed by atoms with Gasteiger partial charge in [-0.15, -0.1) is 0 Å². The van der Waals surface area contributed by atoms with E-state index in [2.05, 4.69) is 16.0 Å². The molecule has 0 spiro atoms.